The predicted molar refractivity (Wildman–Crippen MR) is 207 cm³/mol. The Hall–Kier alpha value is -4.66. The molecule has 3 aliphatic rings. The molecule has 2 aromatic heterocycles. The van der Waals surface area contributed by atoms with Crippen molar-refractivity contribution in [3.8, 4) is 11.6 Å². The lowest BCUT2D eigenvalue weighted by atomic mass is 9.72. The number of nitrogens with zero attached hydrogens (tertiary/aromatic N) is 7. The second kappa shape index (κ2) is 16.6. The van der Waals surface area contributed by atoms with E-state index in [1.54, 1.807) is 11.9 Å². The van der Waals surface area contributed by atoms with Gasteiger partial charge in [-0.1, -0.05) is 6.07 Å². The number of likely N-dealkylation sites (tertiary alicyclic amines) is 1. The van der Waals surface area contributed by atoms with Crippen molar-refractivity contribution < 1.29 is 28.2 Å². The van der Waals surface area contributed by atoms with E-state index in [1.807, 2.05) is 26.8 Å². The van der Waals surface area contributed by atoms with Crippen molar-refractivity contribution in [2.24, 2.45) is 5.41 Å². The molecule has 2 amide bonds. The molecule has 13 nitrogen and oxygen atoms in total. The molecular formula is C41H53FN8O5. The van der Waals surface area contributed by atoms with Crippen molar-refractivity contribution in [2.45, 2.75) is 85.2 Å². The molecule has 0 radical (unpaired) electrons. The normalized spacial score (nSPS) is 18.5. The van der Waals surface area contributed by atoms with Crippen molar-refractivity contribution in [1.29, 1.82) is 0 Å². The van der Waals surface area contributed by atoms with Gasteiger partial charge in [0, 0.05) is 68.7 Å². The zero-order chi connectivity index (χ0) is 38.7. The number of nitrogens with one attached hydrogen (secondary N) is 1. The van der Waals surface area contributed by atoms with Crippen molar-refractivity contribution in [3.63, 3.8) is 0 Å². The van der Waals surface area contributed by atoms with Gasteiger partial charge in [0.05, 0.1) is 12.2 Å². The lowest BCUT2D eigenvalue weighted by molar-refractivity contribution is -0.163. The highest BCUT2D eigenvalue weighted by molar-refractivity contribution is 6.00. The van der Waals surface area contributed by atoms with E-state index in [0.717, 1.165) is 82.3 Å². The highest BCUT2D eigenvalue weighted by atomic mass is 19.1. The number of carbonyl (C=O) groups excluding carboxylic acids is 2. The maximum atomic E-state index is 14.4. The van der Waals surface area contributed by atoms with Gasteiger partial charge in [0.2, 0.25) is 0 Å². The molecule has 4 aromatic rings. The molecule has 3 fully saturated rings. The number of hydrogen-bond donors (Lipinski definition) is 1. The monoisotopic (exact) mass is 756 g/mol. The van der Waals surface area contributed by atoms with Gasteiger partial charge in [-0.15, -0.1) is 10.2 Å². The van der Waals surface area contributed by atoms with E-state index in [2.05, 4.69) is 53.9 Å². The number of ether oxygens (including phenoxy) is 3. The van der Waals surface area contributed by atoms with E-state index >= 15 is 0 Å². The molecule has 5 heterocycles. The van der Waals surface area contributed by atoms with Gasteiger partial charge < -0.3 is 33.9 Å². The molecule has 55 heavy (non-hydrogen) atoms. The smallest absolute Gasteiger partial charge is 0.282 e. The fourth-order valence-electron chi connectivity index (χ4n) is 8.33. The molecular weight excluding hydrogens is 704 g/mol. The number of hydrogen-bond acceptors (Lipinski definition) is 10. The van der Waals surface area contributed by atoms with Gasteiger partial charge in [0.25, 0.3) is 17.7 Å². The fraction of sp³-hybridized carbons (Fsp3) is 0.537. The second-order valence-corrected chi connectivity index (χ2v) is 15.4. The van der Waals surface area contributed by atoms with Crippen LogP contribution in [-0.4, -0.2) is 107 Å². The molecule has 0 bridgehead atoms. The van der Waals surface area contributed by atoms with Gasteiger partial charge in [0.15, 0.2) is 12.1 Å². The summed E-state index contributed by atoms with van der Waals surface area (Å²) in [5.41, 5.74) is 4.40. The highest BCUT2D eigenvalue weighted by Crippen LogP contribution is 2.45. The van der Waals surface area contributed by atoms with Crippen LogP contribution in [0.5, 0.6) is 11.6 Å². The minimum absolute atomic E-state index is 0.0623. The van der Waals surface area contributed by atoms with E-state index in [9.17, 15) is 14.0 Å². The number of aryl methyl sites for hydroxylation is 1. The number of rotatable bonds is 13. The van der Waals surface area contributed by atoms with Crippen molar-refractivity contribution in [2.75, 3.05) is 57.9 Å². The second-order valence-electron chi connectivity index (χ2n) is 15.4. The minimum Gasteiger partial charge on any atom is -0.434 e. The molecule has 1 spiro atoms. The Balaban J connectivity index is 0.986. The first-order chi connectivity index (χ1) is 26.6. The van der Waals surface area contributed by atoms with Gasteiger partial charge >= 0.3 is 0 Å². The van der Waals surface area contributed by atoms with E-state index in [1.165, 1.54) is 35.7 Å². The highest BCUT2D eigenvalue weighted by Gasteiger charge is 2.46. The van der Waals surface area contributed by atoms with Crippen molar-refractivity contribution in [1.82, 2.24) is 34.9 Å². The maximum absolute atomic E-state index is 14.4. The molecule has 7 rings (SSSR count). The zero-order valence-corrected chi connectivity index (χ0v) is 32.6. The molecule has 2 aromatic carbocycles. The molecule has 1 atom stereocenters. The number of carbonyl (C=O) groups is 2. The van der Waals surface area contributed by atoms with Gasteiger partial charge in [-0.25, -0.2) is 9.37 Å². The lowest BCUT2D eigenvalue weighted by Gasteiger charge is -2.54. The third-order valence-electron chi connectivity index (χ3n) is 11.5. The molecule has 1 unspecified atom stereocenters. The Bertz CT molecular complexity index is 2000. The zero-order valence-electron chi connectivity index (χ0n) is 32.6. The number of anilines is 1. The van der Waals surface area contributed by atoms with Crippen molar-refractivity contribution in [3.05, 3.63) is 70.9 Å². The average Bonchev–Trinajstić information content (AvgIpc) is 3.55. The summed E-state index contributed by atoms with van der Waals surface area (Å²) in [6.07, 6.45) is 6.40. The van der Waals surface area contributed by atoms with Gasteiger partial charge in [-0.3, -0.25) is 14.5 Å². The van der Waals surface area contributed by atoms with Crippen LogP contribution in [0.25, 0.3) is 10.9 Å². The number of piperidine rings is 1. The fourth-order valence-corrected chi connectivity index (χ4v) is 8.33. The standard InChI is InChI=1S/C41H53FN8O5/c1-6-49(27(2)3)40(52)32-21-30(42)11-13-35(32)55-39-37(44-26-45-46-39)48-24-41(25-48)14-16-47(17-15-41)23-29-10-12-33-31(28(29)4)22-34(38(51)43-5)50(33)18-20-54-36-9-7-8-19-53-36/h10-13,21-22,26-27,36H,6-9,14-20,23-25H2,1-5H3,(H,43,51). The quantitative estimate of drug-likeness (QED) is 0.175. The Labute approximate surface area is 322 Å². The first-order valence-corrected chi connectivity index (χ1v) is 19.6. The summed E-state index contributed by atoms with van der Waals surface area (Å²) in [6.45, 7) is 14.5. The Kier molecular flexibility index (Phi) is 11.7. The summed E-state index contributed by atoms with van der Waals surface area (Å²) < 4.78 is 34.4. The molecule has 0 saturated carbocycles. The third-order valence-corrected chi connectivity index (χ3v) is 11.5. The van der Waals surface area contributed by atoms with Crippen molar-refractivity contribution >= 4 is 28.5 Å². The van der Waals surface area contributed by atoms with Crippen LogP contribution in [-0.2, 0) is 22.6 Å². The van der Waals surface area contributed by atoms with Crippen LogP contribution in [0, 0.1) is 18.2 Å². The minimum atomic E-state index is -0.518. The van der Waals surface area contributed by atoms with E-state index in [4.69, 9.17) is 14.2 Å². The Morgan fingerprint density at radius 1 is 1.13 bits per heavy atom. The average molecular weight is 757 g/mol. The predicted octanol–water partition coefficient (Wildman–Crippen LogP) is 5.94. The maximum Gasteiger partial charge on any atom is 0.282 e. The van der Waals surface area contributed by atoms with Crippen LogP contribution in [0.3, 0.4) is 0 Å². The summed E-state index contributed by atoms with van der Waals surface area (Å²) in [5, 5.41) is 12.1. The summed E-state index contributed by atoms with van der Waals surface area (Å²) in [6, 6.07) is 10.2. The summed E-state index contributed by atoms with van der Waals surface area (Å²) in [5.74, 6) is 0.0187. The first kappa shape index (κ1) is 38.6. The number of aromatic nitrogens is 4. The first-order valence-electron chi connectivity index (χ1n) is 19.6. The van der Waals surface area contributed by atoms with Crippen LogP contribution in [0.4, 0.5) is 10.2 Å². The van der Waals surface area contributed by atoms with Crippen LogP contribution < -0.4 is 15.0 Å². The summed E-state index contributed by atoms with van der Waals surface area (Å²) in [4.78, 5) is 37.2. The van der Waals surface area contributed by atoms with E-state index in [-0.39, 0.29) is 46.8 Å². The van der Waals surface area contributed by atoms with Crippen LogP contribution in [0.15, 0.2) is 42.7 Å². The molecule has 14 heteroatoms. The largest absolute Gasteiger partial charge is 0.434 e. The number of amides is 2. The summed E-state index contributed by atoms with van der Waals surface area (Å²) >= 11 is 0. The van der Waals surface area contributed by atoms with Gasteiger partial charge in [-0.2, -0.15) is 0 Å². The SMILES string of the molecule is CCN(C(=O)c1cc(F)ccc1Oc1nncnc1N1CC2(CCN(Cc3ccc4c(cc(C(=O)NC)n4CCOC4CCCCO4)c3C)CC2)C1)C(C)C. The molecule has 294 valence electrons. The van der Waals surface area contributed by atoms with Gasteiger partial charge in [-0.05, 0) is 114 Å². The summed E-state index contributed by atoms with van der Waals surface area (Å²) in [7, 11) is 1.66. The van der Waals surface area contributed by atoms with E-state index in [0.29, 0.717) is 31.2 Å². The number of benzene rings is 2. The van der Waals surface area contributed by atoms with Crippen LogP contribution in [0.1, 0.15) is 84.8 Å². The Morgan fingerprint density at radius 2 is 1.93 bits per heavy atom. The number of fused-ring (bicyclic) bond motifs is 1. The molecule has 3 aliphatic heterocycles. The topological polar surface area (TPSA) is 127 Å². The molecule has 3 saturated heterocycles. The Morgan fingerprint density at radius 3 is 2.64 bits per heavy atom. The van der Waals surface area contributed by atoms with Crippen LogP contribution in [0.2, 0.25) is 0 Å². The van der Waals surface area contributed by atoms with Crippen LogP contribution >= 0.6 is 0 Å². The third kappa shape index (κ3) is 8.17. The van der Waals surface area contributed by atoms with Gasteiger partial charge in [0.1, 0.15) is 23.6 Å². The number of halogens is 1. The molecule has 1 N–H and O–H groups in total. The van der Waals surface area contributed by atoms with E-state index < -0.39 is 5.82 Å². The molecule has 0 aliphatic carbocycles. The lowest BCUT2D eigenvalue weighted by Crippen LogP contribution is -2.60.